The number of nitrogens with zero attached hydrogens (tertiary/aromatic N) is 1. The van der Waals surface area contributed by atoms with Crippen molar-refractivity contribution in [3.63, 3.8) is 0 Å². The third-order valence-electron chi connectivity index (χ3n) is 3.24. The van der Waals surface area contributed by atoms with Gasteiger partial charge < -0.3 is 10.6 Å². The van der Waals surface area contributed by atoms with E-state index in [1.54, 1.807) is 0 Å². The number of nitrogens with two attached hydrogens (primary N) is 1. The first-order valence-electron chi connectivity index (χ1n) is 4.74. The standard InChI is InChI=1S/C9H16N2O/c10-5-8(12)11-6-9(7-11)3-1-2-4-9/h1-7,10H2. The van der Waals surface area contributed by atoms with Crippen LogP contribution >= 0.6 is 0 Å². The molecule has 0 radical (unpaired) electrons. The molecule has 0 atom stereocenters. The summed E-state index contributed by atoms with van der Waals surface area (Å²) in [5, 5.41) is 0. The molecule has 12 heavy (non-hydrogen) atoms. The Bertz CT molecular complexity index is 189. The van der Waals surface area contributed by atoms with Crippen molar-refractivity contribution in [3.05, 3.63) is 0 Å². The molecule has 1 saturated heterocycles. The van der Waals surface area contributed by atoms with Crippen LogP contribution in [-0.4, -0.2) is 30.4 Å². The fraction of sp³-hybridized carbons (Fsp3) is 0.889. The first-order chi connectivity index (χ1) is 5.76. The van der Waals surface area contributed by atoms with Crippen LogP contribution in [0.4, 0.5) is 0 Å². The SMILES string of the molecule is NCC(=O)N1CC2(CCCC2)C1. The van der Waals surface area contributed by atoms with Crippen LogP contribution in [0.1, 0.15) is 25.7 Å². The molecule has 2 aliphatic rings. The van der Waals surface area contributed by atoms with Crippen molar-refractivity contribution in [2.24, 2.45) is 11.1 Å². The highest BCUT2D eigenvalue weighted by Crippen LogP contribution is 2.45. The molecule has 0 unspecified atom stereocenters. The number of carbonyl (C=O) groups is 1. The zero-order valence-electron chi connectivity index (χ0n) is 7.38. The molecule has 2 rings (SSSR count). The van der Waals surface area contributed by atoms with Gasteiger partial charge in [0.15, 0.2) is 0 Å². The minimum absolute atomic E-state index is 0.118. The molecule has 1 amide bonds. The van der Waals surface area contributed by atoms with E-state index in [1.807, 2.05) is 4.90 Å². The maximum Gasteiger partial charge on any atom is 0.236 e. The number of carbonyl (C=O) groups excluding carboxylic acids is 1. The lowest BCUT2D eigenvalue weighted by atomic mass is 9.78. The molecule has 1 aliphatic carbocycles. The van der Waals surface area contributed by atoms with Crippen LogP contribution in [0.15, 0.2) is 0 Å². The van der Waals surface area contributed by atoms with Gasteiger partial charge >= 0.3 is 0 Å². The van der Waals surface area contributed by atoms with Crippen LogP contribution in [-0.2, 0) is 4.79 Å². The Morgan fingerprint density at radius 2 is 1.92 bits per heavy atom. The predicted molar refractivity (Wildman–Crippen MR) is 46.5 cm³/mol. The lowest BCUT2D eigenvalue weighted by Crippen LogP contribution is -2.58. The van der Waals surface area contributed by atoms with Gasteiger partial charge in [0, 0.05) is 18.5 Å². The van der Waals surface area contributed by atoms with E-state index in [0.717, 1.165) is 13.1 Å². The van der Waals surface area contributed by atoms with E-state index < -0.39 is 0 Å². The van der Waals surface area contributed by atoms with E-state index in [9.17, 15) is 4.79 Å². The van der Waals surface area contributed by atoms with Gasteiger partial charge in [0.25, 0.3) is 0 Å². The molecule has 1 spiro atoms. The van der Waals surface area contributed by atoms with Gasteiger partial charge in [-0.05, 0) is 12.8 Å². The van der Waals surface area contributed by atoms with E-state index in [1.165, 1.54) is 25.7 Å². The average molecular weight is 168 g/mol. The molecule has 3 heteroatoms. The Labute approximate surface area is 72.9 Å². The first-order valence-corrected chi connectivity index (χ1v) is 4.74. The topological polar surface area (TPSA) is 46.3 Å². The Kier molecular flexibility index (Phi) is 1.83. The van der Waals surface area contributed by atoms with Crippen LogP contribution in [0.25, 0.3) is 0 Å². The summed E-state index contributed by atoms with van der Waals surface area (Å²) < 4.78 is 0. The van der Waals surface area contributed by atoms with Gasteiger partial charge in [-0.15, -0.1) is 0 Å². The van der Waals surface area contributed by atoms with Crippen molar-refractivity contribution < 1.29 is 4.79 Å². The van der Waals surface area contributed by atoms with Gasteiger partial charge in [-0.1, -0.05) is 12.8 Å². The zero-order valence-corrected chi connectivity index (χ0v) is 7.38. The smallest absolute Gasteiger partial charge is 0.236 e. The molecule has 3 nitrogen and oxygen atoms in total. The number of hydrogen-bond acceptors (Lipinski definition) is 2. The van der Waals surface area contributed by atoms with Crippen molar-refractivity contribution in [2.45, 2.75) is 25.7 Å². The number of amides is 1. The summed E-state index contributed by atoms with van der Waals surface area (Å²) in [6, 6.07) is 0. The second kappa shape index (κ2) is 2.73. The highest BCUT2D eigenvalue weighted by atomic mass is 16.2. The second-order valence-electron chi connectivity index (χ2n) is 4.16. The number of hydrogen-bond donors (Lipinski definition) is 1. The van der Waals surface area contributed by atoms with E-state index in [0.29, 0.717) is 5.41 Å². The fourth-order valence-corrected chi connectivity index (χ4v) is 2.51. The van der Waals surface area contributed by atoms with Crippen molar-refractivity contribution in [1.29, 1.82) is 0 Å². The molecule has 1 aliphatic heterocycles. The quantitative estimate of drug-likeness (QED) is 0.614. The molecule has 0 aromatic carbocycles. The molecule has 1 heterocycles. The van der Waals surface area contributed by atoms with Crippen molar-refractivity contribution in [3.8, 4) is 0 Å². The van der Waals surface area contributed by atoms with Crippen molar-refractivity contribution >= 4 is 5.91 Å². The fourth-order valence-electron chi connectivity index (χ4n) is 2.51. The predicted octanol–water partition coefficient (Wildman–Crippen LogP) is 0.348. The molecule has 2 fully saturated rings. The molecular formula is C9H16N2O. The van der Waals surface area contributed by atoms with E-state index in [-0.39, 0.29) is 12.5 Å². The average Bonchev–Trinajstić information content (AvgIpc) is 2.48. The molecule has 2 N–H and O–H groups in total. The largest absolute Gasteiger partial charge is 0.340 e. The van der Waals surface area contributed by atoms with Crippen LogP contribution in [0, 0.1) is 5.41 Å². The van der Waals surface area contributed by atoms with E-state index in [2.05, 4.69) is 0 Å². The van der Waals surface area contributed by atoms with Gasteiger partial charge in [0.05, 0.1) is 6.54 Å². The van der Waals surface area contributed by atoms with Gasteiger partial charge in [-0.2, -0.15) is 0 Å². The van der Waals surface area contributed by atoms with Crippen LogP contribution < -0.4 is 5.73 Å². The summed E-state index contributed by atoms with van der Waals surface area (Å²) in [5.74, 6) is 0.118. The third-order valence-corrected chi connectivity index (χ3v) is 3.24. The maximum absolute atomic E-state index is 11.1. The summed E-state index contributed by atoms with van der Waals surface area (Å²) >= 11 is 0. The van der Waals surface area contributed by atoms with Gasteiger partial charge in [-0.3, -0.25) is 4.79 Å². The van der Waals surface area contributed by atoms with Gasteiger partial charge in [-0.25, -0.2) is 0 Å². The maximum atomic E-state index is 11.1. The second-order valence-corrected chi connectivity index (χ2v) is 4.16. The summed E-state index contributed by atoms with van der Waals surface area (Å²) in [7, 11) is 0. The Morgan fingerprint density at radius 3 is 2.42 bits per heavy atom. The number of likely N-dealkylation sites (tertiary alicyclic amines) is 1. The summed E-state index contributed by atoms with van der Waals surface area (Å²) in [5.41, 5.74) is 5.80. The van der Waals surface area contributed by atoms with E-state index in [4.69, 9.17) is 5.73 Å². The third kappa shape index (κ3) is 1.12. The van der Waals surface area contributed by atoms with Crippen LogP contribution in [0.3, 0.4) is 0 Å². The lowest BCUT2D eigenvalue weighted by Gasteiger charge is -2.48. The Balaban J connectivity index is 1.86. The zero-order chi connectivity index (χ0) is 8.60. The summed E-state index contributed by atoms with van der Waals surface area (Å²) in [6.07, 6.45) is 5.35. The highest BCUT2D eigenvalue weighted by Gasteiger charge is 2.45. The van der Waals surface area contributed by atoms with Crippen LogP contribution in [0.2, 0.25) is 0 Å². The monoisotopic (exact) mass is 168 g/mol. The van der Waals surface area contributed by atoms with E-state index >= 15 is 0 Å². The van der Waals surface area contributed by atoms with Crippen molar-refractivity contribution in [1.82, 2.24) is 4.90 Å². The Morgan fingerprint density at radius 1 is 1.33 bits per heavy atom. The molecule has 0 bridgehead atoms. The van der Waals surface area contributed by atoms with Gasteiger partial charge in [0.1, 0.15) is 0 Å². The Hall–Kier alpha value is -0.570. The molecular weight excluding hydrogens is 152 g/mol. The number of rotatable bonds is 1. The minimum Gasteiger partial charge on any atom is -0.340 e. The minimum atomic E-state index is 0.118. The van der Waals surface area contributed by atoms with Crippen LogP contribution in [0.5, 0.6) is 0 Å². The lowest BCUT2D eigenvalue weighted by molar-refractivity contribution is -0.141. The summed E-state index contributed by atoms with van der Waals surface area (Å²) in [4.78, 5) is 13.0. The highest BCUT2D eigenvalue weighted by molar-refractivity contribution is 5.79. The van der Waals surface area contributed by atoms with Gasteiger partial charge in [0.2, 0.25) is 5.91 Å². The molecule has 1 saturated carbocycles. The molecule has 0 aromatic rings. The van der Waals surface area contributed by atoms with Crippen molar-refractivity contribution in [2.75, 3.05) is 19.6 Å². The summed E-state index contributed by atoms with van der Waals surface area (Å²) in [6.45, 7) is 2.13. The first kappa shape index (κ1) is 8.05. The normalized spacial score (nSPS) is 25.9. The molecule has 68 valence electrons. The molecule has 0 aromatic heterocycles.